The van der Waals surface area contributed by atoms with Gasteiger partial charge in [-0.25, -0.2) is 0 Å². The Morgan fingerprint density at radius 1 is 1.38 bits per heavy atom. The number of ether oxygens (including phenoxy) is 2. The van der Waals surface area contributed by atoms with Gasteiger partial charge >= 0.3 is 0 Å². The lowest BCUT2D eigenvalue weighted by Gasteiger charge is -2.34. The molecule has 1 aromatic rings. The van der Waals surface area contributed by atoms with Gasteiger partial charge in [-0.15, -0.1) is 0 Å². The zero-order chi connectivity index (χ0) is 11.7. The van der Waals surface area contributed by atoms with E-state index in [1.807, 2.05) is 0 Å². The second-order valence-corrected chi connectivity index (χ2v) is 3.24. The van der Waals surface area contributed by atoms with Gasteiger partial charge in [-0.05, 0) is 6.08 Å². The minimum absolute atomic E-state index is 0.135. The molecule has 1 aliphatic rings. The van der Waals surface area contributed by atoms with Crippen LogP contribution in [0.15, 0.2) is 18.3 Å². The summed E-state index contributed by atoms with van der Waals surface area (Å²) in [5, 5.41) is 24.0. The Balaban J connectivity index is 2.67. The third kappa shape index (κ3) is 1.43. The molecule has 0 unspecified atom stereocenters. The van der Waals surface area contributed by atoms with Gasteiger partial charge in [-0.2, -0.15) is 4.73 Å². The molecule has 0 saturated carbocycles. The van der Waals surface area contributed by atoms with E-state index < -0.39 is 0 Å². The van der Waals surface area contributed by atoms with Gasteiger partial charge in [0.25, 0.3) is 5.69 Å². The van der Waals surface area contributed by atoms with Crippen molar-refractivity contribution in [2.45, 2.75) is 0 Å². The molecule has 0 aromatic carbocycles. The van der Waals surface area contributed by atoms with Gasteiger partial charge < -0.3 is 25.0 Å². The van der Waals surface area contributed by atoms with Crippen molar-refractivity contribution in [2.24, 2.45) is 0 Å². The fourth-order valence-electron chi connectivity index (χ4n) is 1.67. The van der Waals surface area contributed by atoms with Gasteiger partial charge in [0, 0.05) is 12.6 Å². The highest BCUT2D eigenvalue weighted by Gasteiger charge is 2.27. The molecule has 6 nitrogen and oxygen atoms in total. The monoisotopic (exact) mass is 223 g/mol. The van der Waals surface area contributed by atoms with Gasteiger partial charge in [0.1, 0.15) is 5.69 Å². The SMILES string of the molecule is COC1=CCN([O-])c2c(OC)cc[n+]([O-])c21. The number of fused-ring (bicyclic) bond motifs is 1. The van der Waals surface area contributed by atoms with E-state index in [-0.39, 0.29) is 17.9 Å². The minimum atomic E-state index is 0.135. The maximum Gasteiger partial charge on any atom is 0.285 e. The fourth-order valence-corrected chi connectivity index (χ4v) is 1.67. The van der Waals surface area contributed by atoms with Crippen LogP contribution in [0.1, 0.15) is 5.69 Å². The summed E-state index contributed by atoms with van der Waals surface area (Å²) in [6.45, 7) is 0.135. The lowest BCUT2D eigenvalue weighted by molar-refractivity contribution is -0.608. The summed E-state index contributed by atoms with van der Waals surface area (Å²) in [6.07, 6.45) is 2.84. The summed E-state index contributed by atoms with van der Waals surface area (Å²) in [5.41, 5.74) is 0.391. The molecule has 0 aliphatic carbocycles. The number of hydrogen-bond donors (Lipinski definition) is 0. The molecule has 1 aliphatic heterocycles. The third-order valence-corrected chi connectivity index (χ3v) is 2.40. The number of hydroxylamine groups is 1. The molecule has 0 saturated heterocycles. The molecule has 0 bridgehead atoms. The van der Waals surface area contributed by atoms with Crippen LogP contribution in [0.25, 0.3) is 5.76 Å². The van der Waals surface area contributed by atoms with E-state index >= 15 is 0 Å². The standard InChI is InChI=1S/C10H11N2O4/c1-15-7-3-5-12(14)10-8(16-2)4-6-11(13)9(7)10/h3-5H,6H2,1-2H3/q-1. The fraction of sp³-hybridized carbons (Fsp3) is 0.300. The molecule has 16 heavy (non-hydrogen) atoms. The third-order valence-electron chi connectivity index (χ3n) is 2.40. The first kappa shape index (κ1) is 10.6. The van der Waals surface area contributed by atoms with Crippen molar-refractivity contribution in [3.05, 3.63) is 34.4 Å². The van der Waals surface area contributed by atoms with Gasteiger partial charge in [0.15, 0.2) is 17.7 Å². The van der Waals surface area contributed by atoms with Crippen molar-refractivity contribution in [3.8, 4) is 5.75 Å². The number of nitrogens with zero attached hydrogens (tertiary/aromatic N) is 2. The van der Waals surface area contributed by atoms with E-state index in [1.165, 1.54) is 26.5 Å². The topological polar surface area (TPSA) is 71.7 Å². The molecule has 0 spiro atoms. The highest BCUT2D eigenvalue weighted by atomic mass is 16.5. The Kier molecular flexibility index (Phi) is 2.57. The molecule has 2 rings (SSSR count). The van der Waals surface area contributed by atoms with Crippen LogP contribution in [-0.2, 0) is 4.74 Å². The van der Waals surface area contributed by atoms with Crippen LogP contribution >= 0.6 is 0 Å². The molecular formula is C10H11N2O4-. The van der Waals surface area contributed by atoms with Crippen molar-refractivity contribution in [1.82, 2.24) is 0 Å². The average molecular weight is 223 g/mol. The second-order valence-electron chi connectivity index (χ2n) is 3.24. The van der Waals surface area contributed by atoms with Crippen LogP contribution in [0.2, 0.25) is 0 Å². The van der Waals surface area contributed by atoms with Crippen LogP contribution in [0.4, 0.5) is 5.69 Å². The molecule has 0 atom stereocenters. The summed E-state index contributed by atoms with van der Waals surface area (Å²) >= 11 is 0. The van der Waals surface area contributed by atoms with E-state index in [9.17, 15) is 10.4 Å². The van der Waals surface area contributed by atoms with Crippen molar-refractivity contribution in [2.75, 3.05) is 25.8 Å². The van der Waals surface area contributed by atoms with Crippen molar-refractivity contribution >= 4 is 11.4 Å². The van der Waals surface area contributed by atoms with Gasteiger partial charge in [-0.1, -0.05) is 0 Å². The van der Waals surface area contributed by atoms with Crippen LogP contribution in [0, 0.1) is 10.4 Å². The predicted octanol–water partition coefficient (Wildman–Crippen LogP) is 0.634. The molecule has 1 aromatic heterocycles. The van der Waals surface area contributed by atoms with Gasteiger partial charge in [0.2, 0.25) is 0 Å². The highest BCUT2D eigenvalue weighted by Crippen LogP contribution is 2.36. The summed E-state index contributed by atoms with van der Waals surface area (Å²) in [5.74, 6) is 0.746. The Hall–Kier alpha value is -1.95. The first-order chi connectivity index (χ1) is 7.69. The summed E-state index contributed by atoms with van der Waals surface area (Å²) in [7, 11) is 2.90. The molecule has 0 radical (unpaired) electrons. The highest BCUT2D eigenvalue weighted by molar-refractivity contribution is 5.77. The normalized spacial score (nSPS) is 14.2. The first-order valence-electron chi connectivity index (χ1n) is 4.68. The zero-order valence-electron chi connectivity index (χ0n) is 8.97. The summed E-state index contributed by atoms with van der Waals surface area (Å²) in [4.78, 5) is 0. The van der Waals surface area contributed by atoms with Crippen LogP contribution < -0.4 is 14.5 Å². The number of pyridine rings is 1. The minimum Gasteiger partial charge on any atom is -0.758 e. The zero-order valence-corrected chi connectivity index (χ0v) is 8.97. The molecule has 2 heterocycles. The smallest absolute Gasteiger partial charge is 0.285 e. The van der Waals surface area contributed by atoms with Gasteiger partial charge in [-0.3, -0.25) is 0 Å². The predicted molar refractivity (Wildman–Crippen MR) is 57.7 cm³/mol. The molecule has 0 amide bonds. The van der Waals surface area contributed by atoms with Crippen LogP contribution in [-0.4, -0.2) is 20.8 Å². The quantitative estimate of drug-likeness (QED) is 0.543. The Morgan fingerprint density at radius 3 is 2.75 bits per heavy atom. The molecular weight excluding hydrogens is 212 g/mol. The maximum atomic E-state index is 11.7. The van der Waals surface area contributed by atoms with Crippen LogP contribution in [0.3, 0.4) is 0 Å². The van der Waals surface area contributed by atoms with Crippen molar-refractivity contribution in [1.29, 1.82) is 0 Å². The lowest BCUT2D eigenvalue weighted by Crippen LogP contribution is -2.36. The Bertz CT molecular complexity index is 445. The van der Waals surface area contributed by atoms with E-state index in [0.29, 0.717) is 21.3 Å². The molecule has 86 valence electrons. The van der Waals surface area contributed by atoms with E-state index in [4.69, 9.17) is 9.47 Å². The number of rotatable bonds is 2. The van der Waals surface area contributed by atoms with E-state index in [2.05, 4.69) is 0 Å². The number of anilines is 1. The summed E-state index contributed by atoms with van der Waals surface area (Å²) < 4.78 is 10.7. The lowest BCUT2D eigenvalue weighted by atomic mass is 10.1. The van der Waals surface area contributed by atoms with Crippen molar-refractivity contribution < 1.29 is 14.2 Å². The first-order valence-corrected chi connectivity index (χ1v) is 4.68. The Labute approximate surface area is 92.5 Å². The molecule has 0 N–H and O–H groups in total. The maximum absolute atomic E-state index is 11.7. The number of methoxy groups -OCH3 is 2. The number of hydrogen-bond acceptors (Lipinski definition) is 5. The molecule has 6 heteroatoms. The average Bonchev–Trinajstić information content (AvgIpc) is 2.31. The van der Waals surface area contributed by atoms with Crippen LogP contribution in [0.5, 0.6) is 5.75 Å². The summed E-state index contributed by atoms with van der Waals surface area (Å²) in [6, 6.07) is 1.45. The number of aromatic nitrogens is 1. The van der Waals surface area contributed by atoms with E-state index in [1.54, 1.807) is 6.08 Å². The van der Waals surface area contributed by atoms with Gasteiger partial charge in [0.05, 0.1) is 14.2 Å². The largest absolute Gasteiger partial charge is 0.758 e. The Morgan fingerprint density at radius 2 is 2.12 bits per heavy atom. The van der Waals surface area contributed by atoms with Crippen molar-refractivity contribution in [3.63, 3.8) is 0 Å². The molecule has 0 fully saturated rings. The van der Waals surface area contributed by atoms with E-state index in [0.717, 1.165) is 0 Å². The second kappa shape index (κ2) is 3.90.